The number of carbonyl (C=O) groups is 1. The summed E-state index contributed by atoms with van der Waals surface area (Å²) < 4.78 is 12.7. The van der Waals surface area contributed by atoms with Gasteiger partial charge in [-0.15, -0.1) is 11.8 Å². The summed E-state index contributed by atoms with van der Waals surface area (Å²) in [5.74, 6) is 2.03. The third-order valence-corrected chi connectivity index (χ3v) is 6.71. The van der Waals surface area contributed by atoms with Crippen molar-refractivity contribution in [1.29, 1.82) is 0 Å². The zero-order valence-corrected chi connectivity index (χ0v) is 18.5. The average molecular weight is 424 g/mol. The van der Waals surface area contributed by atoms with Crippen LogP contribution in [0.3, 0.4) is 0 Å². The molecule has 2 aromatic carbocycles. The van der Waals surface area contributed by atoms with Crippen LogP contribution in [-0.2, 0) is 4.79 Å². The molecular formula is C23H25N3O3S. The number of nitrogens with zero attached hydrogens (tertiary/aromatic N) is 2. The number of fused-ring (bicyclic) bond motifs is 1. The number of ether oxygens (including phenoxy) is 2. The minimum atomic E-state index is -0.221. The fourth-order valence-corrected chi connectivity index (χ4v) is 4.97. The second-order valence-electron chi connectivity index (χ2n) is 7.36. The number of aromatic nitrogens is 2. The fourth-order valence-electron chi connectivity index (χ4n) is 3.66. The highest BCUT2D eigenvalue weighted by Gasteiger charge is 2.34. The van der Waals surface area contributed by atoms with Gasteiger partial charge in [-0.05, 0) is 50.6 Å². The normalized spacial score (nSPS) is 18.4. The number of nitrogens with one attached hydrogen (secondary N) is 1. The first-order valence-corrected chi connectivity index (χ1v) is 10.7. The molecule has 1 aliphatic rings. The smallest absolute Gasteiger partial charge is 0.238 e. The lowest BCUT2D eigenvalue weighted by molar-refractivity contribution is -0.115. The molecule has 0 fully saturated rings. The Balaban J connectivity index is 1.89. The van der Waals surface area contributed by atoms with Gasteiger partial charge in [-0.1, -0.05) is 23.8 Å². The van der Waals surface area contributed by atoms with Gasteiger partial charge in [0.25, 0.3) is 0 Å². The molecule has 0 aliphatic carbocycles. The highest BCUT2D eigenvalue weighted by molar-refractivity contribution is 8.01. The Hall–Kier alpha value is -2.93. The van der Waals surface area contributed by atoms with Gasteiger partial charge in [-0.25, -0.2) is 4.68 Å². The first kappa shape index (κ1) is 20.3. The van der Waals surface area contributed by atoms with E-state index in [1.807, 2.05) is 67.9 Å². The number of amides is 1. The van der Waals surface area contributed by atoms with Crippen molar-refractivity contribution < 1.29 is 14.3 Å². The van der Waals surface area contributed by atoms with Gasteiger partial charge in [0.2, 0.25) is 5.91 Å². The molecule has 0 radical (unpaired) electrons. The first-order chi connectivity index (χ1) is 14.4. The predicted octanol–water partition coefficient (Wildman–Crippen LogP) is 4.67. The van der Waals surface area contributed by atoms with Gasteiger partial charge < -0.3 is 14.8 Å². The van der Waals surface area contributed by atoms with E-state index in [1.54, 1.807) is 26.0 Å². The van der Waals surface area contributed by atoms with Crippen molar-refractivity contribution >= 4 is 23.5 Å². The van der Waals surface area contributed by atoms with E-state index in [0.717, 1.165) is 28.3 Å². The van der Waals surface area contributed by atoms with Gasteiger partial charge in [0.1, 0.15) is 5.82 Å². The average Bonchev–Trinajstić information content (AvgIpc) is 2.99. The minimum Gasteiger partial charge on any atom is -0.493 e. The van der Waals surface area contributed by atoms with E-state index in [0.29, 0.717) is 11.5 Å². The Morgan fingerprint density at radius 1 is 1.03 bits per heavy atom. The standard InChI is InChI=1S/C23H25N3O3S/c1-13-6-9-17(10-7-13)26-22-20(14(2)25-26)21(30-15(3)23(27)24-22)16-8-11-18(28-4)19(12-16)29-5/h6-12,15,21H,1-5H3,(H,24,27)/t15-,21-/m1/s1. The molecule has 30 heavy (non-hydrogen) atoms. The van der Waals surface area contributed by atoms with E-state index in [9.17, 15) is 4.79 Å². The molecular weight excluding hydrogens is 398 g/mol. The van der Waals surface area contributed by atoms with Crippen molar-refractivity contribution in [2.24, 2.45) is 0 Å². The number of thioether (sulfide) groups is 1. The lowest BCUT2D eigenvalue weighted by atomic mass is 10.0. The maximum Gasteiger partial charge on any atom is 0.238 e. The maximum absolute atomic E-state index is 12.8. The predicted molar refractivity (Wildman–Crippen MR) is 120 cm³/mol. The molecule has 0 unspecified atom stereocenters. The van der Waals surface area contributed by atoms with Gasteiger partial charge in [0.15, 0.2) is 11.5 Å². The van der Waals surface area contributed by atoms with Crippen molar-refractivity contribution in [3.05, 3.63) is 64.8 Å². The van der Waals surface area contributed by atoms with Gasteiger partial charge in [0, 0.05) is 5.56 Å². The number of aryl methyl sites for hydroxylation is 2. The molecule has 1 amide bonds. The largest absolute Gasteiger partial charge is 0.493 e. The molecule has 0 saturated heterocycles. The van der Waals surface area contributed by atoms with Crippen molar-refractivity contribution in [3.8, 4) is 17.2 Å². The Morgan fingerprint density at radius 2 is 1.73 bits per heavy atom. The van der Waals surface area contributed by atoms with Crippen LogP contribution in [0.4, 0.5) is 5.82 Å². The maximum atomic E-state index is 12.8. The van der Waals surface area contributed by atoms with Crippen LogP contribution in [0.15, 0.2) is 42.5 Å². The number of rotatable bonds is 4. The number of hydrogen-bond donors (Lipinski definition) is 1. The quantitative estimate of drug-likeness (QED) is 0.661. The molecule has 156 valence electrons. The molecule has 6 nitrogen and oxygen atoms in total. The molecule has 0 spiro atoms. The second-order valence-corrected chi connectivity index (χ2v) is 8.81. The van der Waals surface area contributed by atoms with Crippen molar-refractivity contribution in [2.75, 3.05) is 19.5 Å². The summed E-state index contributed by atoms with van der Waals surface area (Å²) in [5, 5.41) is 7.59. The van der Waals surface area contributed by atoms with Gasteiger partial charge >= 0.3 is 0 Å². The third kappa shape index (κ3) is 3.54. The zero-order valence-electron chi connectivity index (χ0n) is 17.7. The van der Waals surface area contributed by atoms with Crippen LogP contribution in [0.1, 0.15) is 34.6 Å². The molecule has 1 aromatic heterocycles. The van der Waals surface area contributed by atoms with Crippen LogP contribution in [0.25, 0.3) is 5.69 Å². The van der Waals surface area contributed by atoms with Gasteiger partial charge in [0.05, 0.1) is 36.1 Å². The summed E-state index contributed by atoms with van der Waals surface area (Å²) >= 11 is 1.61. The van der Waals surface area contributed by atoms with Gasteiger partial charge in [-0.2, -0.15) is 5.10 Å². The highest BCUT2D eigenvalue weighted by Crippen LogP contribution is 2.47. The van der Waals surface area contributed by atoms with E-state index in [1.165, 1.54) is 5.56 Å². The zero-order chi connectivity index (χ0) is 21.4. The summed E-state index contributed by atoms with van der Waals surface area (Å²) in [7, 11) is 3.25. The van der Waals surface area contributed by atoms with Crippen molar-refractivity contribution in [3.63, 3.8) is 0 Å². The Labute approximate surface area is 180 Å². The number of hydrogen-bond acceptors (Lipinski definition) is 5. The third-order valence-electron chi connectivity index (χ3n) is 5.31. The van der Waals surface area contributed by atoms with E-state index in [4.69, 9.17) is 14.6 Å². The topological polar surface area (TPSA) is 65.4 Å². The SMILES string of the molecule is COc1ccc([C@H]2S[C@H](C)C(=O)Nc3c2c(C)nn3-c2ccc(C)cc2)cc1OC. The Kier molecular flexibility index (Phi) is 5.47. The number of anilines is 1. The molecule has 0 bridgehead atoms. The first-order valence-electron chi connectivity index (χ1n) is 9.77. The van der Waals surface area contributed by atoms with Crippen LogP contribution in [0, 0.1) is 13.8 Å². The van der Waals surface area contributed by atoms with E-state index >= 15 is 0 Å². The molecule has 1 aliphatic heterocycles. The molecule has 7 heteroatoms. The Bertz CT molecular complexity index is 1090. The minimum absolute atomic E-state index is 0.0301. The van der Waals surface area contributed by atoms with Crippen LogP contribution in [0.5, 0.6) is 11.5 Å². The molecule has 2 heterocycles. The van der Waals surface area contributed by atoms with Crippen LogP contribution < -0.4 is 14.8 Å². The lowest BCUT2D eigenvalue weighted by Gasteiger charge is -2.19. The number of carbonyl (C=O) groups excluding carboxylic acids is 1. The Morgan fingerprint density at radius 3 is 2.40 bits per heavy atom. The van der Waals surface area contributed by atoms with Crippen LogP contribution in [-0.4, -0.2) is 35.2 Å². The molecule has 3 aromatic rings. The molecule has 1 N–H and O–H groups in total. The van der Waals surface area contributed by atoms with Crippen molar-refractivity contribution in [2.45, 2.75) is 31.3 Å². The van der Waals surface area contributed by atoms with E-state index in [2.05, 4.69) is 5.32 Å². The summed E-state index contributed by atoms with van der Waals surface area (Å²) in [6, 6.07) is 14.0. The van der Waals surface area contributed by atoms with Crippen LogP contribution in [0.2, 0.25) is 0 Å². The number of methoxy groups -OCH3 is 2. The van der Waals surface area contributed by atoms with E-state index in [-0.39, 0.29) is 16.4 Å². The van der Waals surface area contributed by atoms with E-state index < -0.39 is 0 Å². The lowest BCUT2D eigenvalue weighted by Crippen LogP contribution is -2.22. The molecule has 4 rings (SSSR count). The van der Waals surface area contributed by atoms with Crippen LogP contribution >= 0.6 is 11.8 Å². The number of benzene rings is 2. The second kappa shape index (κ2) is 8.07. The van der Waals surface area contributed by atoms with Crippen molar-refractivity contribution in [1.82, 2.24) is 9.78 Å². The highest BCUT2D eigenvalue weighted by atomic mass is 32.2. The monoisotopic (exact) mass is 423 g/mol. The van der Waals surface area contributed by atoms with Gasteiger partial charge in [-0.3, -0.25) is 4.79 Å². The molecule has 0 saturated carbocycles. The summed E-state index contributed by atoms with van der Waals surface area (Å²) in [6.45, 7) is 5.96. The molecule has 2 atom stereocenters. The fraction of sp³-hybridized carbons (Fsp3) is 0.304. The summed E-state index contributed by atoms with van der Waals surface area (Å²) in [4.78, 5) is 12.8. The summed E-state index contributed by atoms with van der Waals surface area (Å²) in [5.41, 5.74) is 5.01. The summed E-state index contributed by atoms with van der Waals surface area (Å²) in [6.07, 6.45) is 0.